The molecule has 4 nitrogen and oxygen atoms in total. The molecule has 24 heavy (non-hydrogen) atoms. The van der Waals surface area contributed by atoms with Gasteiger partial charge < -0.3 is 4.74 Å². The van der Waals surface area contributed by atoms with E-state index in [0.717, 1.165) is 26.4 Å². The molecule has 0 amide bonds. The summed E-state index contributed by atoms with van der Waals surface area (Å²) in [5.41, 5.74) is 2.09. The van der Waals surface area contributed by atoms with Gasteiger partial charge in [-0.15, -0.1) is 11.3 Å². The van der Waals surface area contributed by atoms with Crippen LogP contribution in [0.15, 0.2) is 41.0 Å². The lowest BCUT2D eigenvalue weighted by Gasteiger charge is -2.11. The van der Waals surface area contributed by atoms with Gasteiger partial charge in [0, 0.05) is 16.0 Å². The van der Waals surface area contributed by atoms with Crippen LogP contribution in [-0.4, -0.2) is 27.8 Å². The fraction of sp³-hybridized carbons (Fsp3) is 0.235. The Hall–Kier alpha value is -1.63. The topological polar surface area (TPSA) is 52.1 Å². The lowest BCUT2D eigenvalue weighted by Crippen LogP contribution is -2.16. The van der Waals surface area contributed by atoms with Crippen molar-refractivity contribution in [3.63, 3.8) is 0 Å². The van der Waals surface area contributed by atoms with Crippen molar-refractivity contribution < 1.29 is 9.53 Å². The molecule has 124 valence electrons. The van der Waals surface area contributed by atoms with E-state index in [2.05, 4.69) is 15.3 Å². The maximum absolute atomic E-state index is 11.9. The van der Waals surface area contributed by atoms with E-state index in [-0.39, 0.29) is 11.2 Å². The van der Waals surface area contributed by atoms with Crippen LogP contribution < -0.4 is 0 Å². The minimum Gasteiger partial charge on any atom is -0.465 e. The largest absolute Gasteiger partial charge is 0.465 e. The fourth-order valence-corrected chi connectivity index (χ4v) is 4.29. The van der Waals surface area contributed by atoms with Crippen LogP contribution in [0.1, 0.15) is 13.8 Å². The van der Waals surface area contributed by atoms with Gasteiger partial charge in [0.1, 0.15) is 21.4 Å². The summed E-state index contributed by atoms with van der Waals surface area (Å²) < 4.78 is 5.08. The van der Waals surface area contributed by atoms with Crippen LogP contribution in [0, 0.1) is 0 Å². The molecule has 0 unspecified atom stereocenters. The molecule has 7 heteroatoms. The monoisotopic (exact) mass is 378 g/mol. The SMILES string of the molecule is CCOC(=O)[C@@H](C)Sc1ncnc2scc(-c3ccc(Cl)cc3)c12. The zero-order chi connectivity index (χ0) is 17.1. The van der Waals surface area contributed by atoms with Crippen molar-refractivity contribution in [1.82, 2.24) is 9.97 Å². The maximum atomic E-state index is 11.9. The number of carbonyl (C=O) groups excluding carboxylic acids is 1. The van der Waals surface area contributed by atoms with Crippen LogP contribution in [0.25, 0.3) is 21.3 Å². The Labute approximate surface area is 153 Å². The minimum absolute atomic E-state index is 0.238. The normalized spacial score (nSPS) is 12.3. The van der Waals surface area contributed by atoms with Crippen molar-refractivity contribution in [2.75, 3.05) is 6.61 Å². The number of nitrogens with zero attached hydrogens (tertiary/aromatic N) is 2. The highest BCUT2D eigenvalue weighted by molar-refractivity contribution is 8.00. The second-order valence-corrected chi connectivity index (χ2v) is 7.65. The number of thioether (sulfide) groups is 1. The molecule has 2 heterocycles. The van der Waals surface area contributed by atoms with Gasteiger partial charge in [0.15, 0.2) is 0 Å². The predicted octanol–water partition coefficient (Wildman–Crippen LogP) is 5.06. The molecule has 2 aromatic heterocycles. The molecule has 0 fully saturated rings. The standard InChI is InChI=1S/C17H15ClN2O2S2/c1-3-22-17(21)10(2)24-16-14-13(8-23-15(14)19-9-20-16)11-4-6-12(18)7-5-11/h4-10H,3H2,1-2H3/t10-/m1/s1. The average Bonchev–Trinajstić information content (AvgIpc) is 3.01. The third-order valence-corrected chi connectivity index (χ3v) is 5.61. The first-order valence-corrected chi connectivity index (χ1v) is 9.55. The van der Waals surface area contributed by atoms with E-state index < -0.39 is 0 Å². The first-order valence-electron chi connectivity index (χ1n) is 7.41. The molecule has 0 N–H and O–H groups in total. The van der Waals surface area contributed by atoms with Crippen LogP contribution >= 0.6 is 34.7 Å². The van der Waals surface area contributed by atoms with E-state index >= 15 is 0 Å². The van der Waals surface area contributed by atoms with Crippen LogP contribution in [0.5, 0.6) is 0 Å². The van der Waals surface area contributed by atoms with Gasteiger partial charge in [-0.1, -0.05) is 35.5 Å². The number of fused-ring (bicyclic) bond motifs is 1. The summed E-state index contributed by atoms with van der Waals surface area (Å²) in [5.74, 6) is -0.238. The number of rotatable bonds is 5. The van der Waals surface area contributed by atoms with Gasteiger partial charge in [-0.05, 0) is 31.5 Å². The molecular formula is C17H15ClN2O2S2. The predicted molar refractivity (Wildman–Crippen MR) is 99.8 cm³/mol. The Morgan fingerprint density at radius 1 is 1.33 bits per heavy atom. The quantitative estimate of drug-likeness (QED) is 0.353. The molecule has 0 bridgehead atoms. The Kier molecular flexibility index (Phi) is 5.38. The van der Waals surface area contributed by atoms with Crippen LogP contribution in [0.3, 0.4) is 0 Å². The van der Waals surface area contributed by atoms with Gasteiger partial charge in [-0.25, -0.2) is 9.97 Å². The maximum Gasteiger partial charge on any atom is 0.319 e. The van der Waals surface area contributed by atoms with Gasteiger partial charge in [0.2, 0.25) is 0 Å². The van der Waals surface area contributed by atoms with Crippen LogP contribution in [0.2, 0.25) is 5.02 Å². The molecule has 0 saturated heterocycles. The molecule has 3 rings (SSSR count). The Balaban J connectivity index is 2.01. The molecule has 0 saturated carbocycles. The average molecular weight is 379 g/mol. The van der Waals surface area contributed by atoms with Crippen molar-refractivity contribution in [1.29, 1.82) is 0 Å². The number of hydrogen-bond donors (Lipinski definition) is 0. The highest BCUT2D eigenvalue weighted by atomic mass is 35.5. The van der Waals surface area contributed by atoms with Crippen molar-refractivity contribution in [3.05, 3.63) is 41.0 Å². The number of ether oxygens (including phenoxy) is 1. The van der Waals surface area contributed by atoms with E-state index in [1.54, 1.807) is 18.3 Å². The van der Waals surface area contributed by atoms with Crippen LogP contribution in [0.4, 0.5) is 0 Å². The smallest absolute Gasteiger partial charge is 0.319 e. The van der Waals surface area contributed by atoms with Crippen molar-refractivity contribution in [3.8, 4) is 11.1 Å². The van der Waals surface area contributed by atoms with Gasteiger partial charge >= 0.3 is 5.97 Å². The van der Waals surface area contributed by atoms with E-state index in [9.17, 15) is 4.79 Å². The molecule has 0 spiro atoms. The van der Waals surface area contributed by atoms with Crippen molar-refractivity contribution >= 4 is 50.9 Å². The van der Waals surface area contributed by atoms with E-state index in [1.807, 2.05) is 31.2 Å². The first-order chi connectivity index (χ1) is 11.6. The molecule has 0 aliphatic heterocycles. The fourth-order valence-electron chi connectivity index (χ4n) is 2.25. The van der Waals surface area contributed by atoms with Crippen LogP contribution in [-0.2, 0) is 9.53 Å². The summed E-state index contributed by atoms with van der Waals surface area (Å²) in [4.78, 5) is 21.5. The second kappa shape index (κ2) is 7.51. The molecule has 0 aliphatic rings. The van der Waals surface area contributed by atoms with E-state index in [0.29, 0.717) is 11.6 Å². The summed E-state index contributed by atoms with van der Waals surface area (Å²) in [6, 6.07) is 7.66. The lowest BCUT2D eigenvalue weighted by molar-refractivity contribution is -0.142. The zero-order valence-electron chi connectivity index (χ0n) is 13.2. The van der Waals surface area contributed by atoms with E-state index in [1.165, 1.54) is 18.1 Å². The zero-order valence-corrected chi connectivity index (χ0v) is 15.5. The van der Waals surface area contributed by atoms with Gasteiger partial charge in [0.25, 0.3) is 0 Å². The summed E-state index contributed by atoms with van der Waals surface area (Å²) in [6.45, 7) is 4.00. The van der Waals surface area contributed by atoms with Crippen molar-refractivity contribution in [2.24, 2.45) is 0 Å². The number of halogens is 1. The number of benzene rings is 1. The Morgan fingerprint density at radius 2 is 2.08 bits per heavy atom. The molecule has 0 aliphatic carbocycles. The third kappa shape index (κ3) is 3.55. The lowest BCUT2D eigenvalue weighted by atomic mass is 10.1. The number of hydrogen-bond acceptors (Lipinski definition) is 6. The third-order valence-electron chi connectivity index (χ3n) is 3.40. The van der Waals surface area contributed by atoms with Gasteiger partial charge in [-0.3, -0.25) is 4.79 Å². The Morgan fingerprint density at radius 3 is 2.79 bits per heavy atom. The minimum atomic E-state index is -0.332. The molecule has 1 aromatic carbocycles. The van der Waals surface area contributed by atoms with E-state index in [4.69, 9.17) is 16.3 Å². The number of aromatic nitrogens is 2. The van der Waals surface area contributed by atoms with Crippen molar-refractivity contribution in [2.45, 2.75) is 24.1 Å². The van der Waals surface area contributed by atoms with Gasteiger partial charge in [0.05, 0.1) is 12.0 Å². The summed E-state index contributed by atoms with van der Waals surface area (Å²) >= 11 is 8.93. The highest BCUT2D eigenvalue weighted by Gasteiger charge is 2.20. The summed E-state index contributed by atoms with van der Waals surface area (Å²) in [5, 5.41) is 4.17. The number of esters is 1. The van der Waals surface area contributed by atoms with Gasteiger partial charge in [-0.2, -0.15) is 0 Å². The highest BCUT2D eigenvalue weighted by Crippen LogP contribution is 2.39. The summed E-state index contributed by atoms with van der Waals surface area (Å²) in [7, 11) is 0. The molecule has 3 aromatic rings. The molecule has 0 radical (unpaired) electrons. The Bertz CT molecular complexity index is 865. The number of thiophene rings is 1. The summed E-state index contributed by atoms with van der Waals surface area (Å²) in [6.07, 6.45) is 1.53. The number of carbonyl (C=O) groups is 1. The molecular weight excluding hydrogens is 364 g/mol. The molecule has 1 atom stereocenters. The second-order valence-electron chi connectivity index (χ2n) is 5.03. The first kappa shape index (κ1) is 17.2.